The molecule has 0 saturated heterocycles. The van der Waals surface area contributed by atoms with Crippen molar-refractivity contribution in [1.29, 1.82) is 0 Å². The first-order valence-corrected chi connectivity index (χ1v) is 13.8. The number of carbonyl (C=O) groups excluding carboxylic acids is 3. The Morgan fingerprint density at radius 2 is 1.83 bits per heavy atom. The molecule has 2 aromatic carbocycles. The Labute approximate surface area is 243 Å². The predicted octanol–water partition coefficient (Wildman–Crippen LogP) is 1.10. The summed E-state index contributed by atoms with van der Waals surface area (Å²) in [5.74, 6) is -1.11. The number of nitrogens with two attached hydrogens (primary N) is 1. The molecule has 0 radical (unpaired) electrons. The second-order valence-electron chi connectivity index (χ2n) is 11.4. The summed E-state index contributed by atoms with van der Waals surface area (Å²) in [6.45, 7) is 1.93. The number of ketones is 2. The van der Waals surface area contributed by atoms with Gasteiger partial charge in [-0.3, -0.25) is 14.4 Å². The molecule has 2 fully saturated rings. The number of phenolic OH excluding ortho intramolecular Hbond substituents is 1. The van der Waals surface area contributed by atoms with Crippen LogP contribution in [0.15, 0.2) is 35.9 Å². The second-order valence-corrected chi connectivity index (χ2v) is 11.4. The van der Waals surface area contributed by atoms with Crippen molar-refractivity contribution >= 4 is 23.2 Å². The molecule has 3 aliphatic carbocycles. The van der Waals surface area contributed by atoms with Crippen LogP contribution in [0.3, 0.4) is 0 Å². The molecule has 10 heteroatoms. The third-order valence-electron chi connectivity index (χ3n) is 8.99. The highest BCUT2D eigenvalue weighted by Crippen LogP contribution is 2.52. The van der Waals surface area contributed by atoms with Crippen LogP contribution in [0.5, 0.6) is 11.5 Å². The van der Waals surface area contributed by atoms with Crippen LogP contribution in [0.1, 0.15) is 41.2 Å². The number of likely N-dealkylation sites (N-methyl/N-ethyl adjacent to an activating group) is 1. The van der Waals surface area contributed by atoms with Gasteiger partial charge in [0.15, 0.2) is 11.4 Å². The van der Waals surface area contributed by atoms with Crippen molar-refractivity contribution in [3.8, 4) is 23.3 Å². The third-order valence-corrected chi connectivity index (χ3v) is 8.99. The molecule has 0 heterocycles. The molecule has 2 unspecified atom stereocenters. The number of phenols is 1. The van der Waals surface area contributed by atoms with Crippen molar-refractivity contribution < 1.29 is 39.5 Å². The Morgan fingerprint density at radius 1 is 1.17 bits per heavy atom. The SMILES string of the molecule is CCc1cc(C#Cc2ccc(OC)cc2)c(O)c2c1C[C@@H]1C[C@@H]3[C@@H](N(C)C)C(O)C(C(N)=O)C(=O)[C@]3(O)C(=O)C1=C2O. The number of benzene rings is 2. The van der Waals surface area contributed by atoms with Crippen molar-refractivity contribution in [1.82, 2.24) is 4.90 Å². The topological polar surface area (TPSA) is 171 Å². The number of aliphatic hydroxyl groups excluding tert-OH is 2. The van der Waals surface area contributed by atoms with Crippen molar-refractivity contribution in [3.05, 3.63) is 63.7 Å². The van der Waals surface area contributed by atoms with E-state index in [1.807, 2.05) is 6.92 Å². The Balaban J connectivity index is 1.65. The van der Waals surface area contributed by atoms with Gasteiger partial charge in [0.2, 0.25) is 11.7 Å². The van der Waals surface area contributed by atoms with Crippen molar-refractivity contribution in [2.24, 2.45) is 23.5 Å². The molecule has 220 valence electrons. The van der Waals surface area contributed by atoms with Crippen LogP contribution in [0.4, 0.5) is 0 Å². The van der Waals surface area contributed by atoms with Gasteiger partial charge in [-0.25, -0.2) is 0 Å². The van der Waals surface area contributed by atoms with Crippen molar-refractivity contribution in [2.45, 2.75) is 43.9 Å². The maximum absolute atomic E-state index is 14.0. The molecule has 5 rings (SSSR count). The van der Waals surface area contributed by atoms with Gasteiger partial charge in [0.1, 0.15) is 23.2 Å². The quantitative estimate of drug-likeness (QED) is 0.265. The molecule has 6 atom stereocenters. The fourth-order valence-electron chi connectivity index (χ4n) is 6.97. The zero-order chi connectivity index (χ0) is 30.7. The van der Waals surface area contributed by atoms with E-state index in [9.17, 15) is 34.8 Å². The Kier molecular flexibility index (Phi) is 7.39. The van der Waals surface area contributed by atoms with Crippen LogP contribution in [0.25, 0.3) is 5.76 Å². The van der Waals surface area contributed by atoms with Crippen LogP contribution in [-0.2, 0) is 27.2 Å². The largest absolute Gasteiger partial charge is 0.507 e. The first-order chi connectivity index (χ1) is 19.9. The number of hydrogen-bond acceptors (Lipinski definition) is 9. The maximum atomic E-state index is 14.0. The number of ether oxygens (including phenoxy) is 1. The van der Waals surface area contributed by atoms with E-state index >= 15 is 0 Å². The van der Waals surface area contributed by atoms with Crippen LogP contribution in [0, 0.1) is 29.6 Å². The first kappa shape index (κ1) is 29.3. The number of aromatic hydroxyl groups is 1. The molecule has 3 aliphatic rings. The van der Waals surface area contributed by atoms with Gasteiger partial charge in [-0.1, -0.05) is 18.8 Å². The molecule has 6 N–H and O–H groups in total. The molecule has 1 amide bonds. The van der Waals surface area contributed by atoms with E-state index < -0.39 is 58.7 Å². The monoisotopic (exact) mass is 574 g/mol. The minimum atomic E-state index is -2.69. The molecule has 0 aromatic heterocycles. The lowest BCUT2D eigenvalue weighted by Gasteiger charge is -2.53. The highest BCUT2D eigenvalue weighted by atomic mass is 16.5. The number of aliphatic hydroxyl groups is 3. The van der Waals surface area contributed by atoms with E-state index in [4.69, 9.17) is 10.5 Å². The molecular formula is C32H34N2O8. The number of amides is 1. The van der Waals surface area contributed by atoms with Crippen molar-refractivity contribution in [2.75, 3.05) is 21.2 Å². The number of Topliss-reactive ketones (excluding diaryl/α,β-unsaturated/α-hetero) is 2. The number of hydrogen-bond donors (Lipinski definition) is 5. The lowest BCUT2D eigenvalue weighted by atomic mass is 9.54. The van der Waals surface area contributed by atoms with E-state index in [1.54, 1.807) is 56.4 Å². The summed E-state index contributed by atoms with van der Waals surface area (Å²) in [6.07, 6.45) is -0.658. The van der Waals surface area contributed by atoms with E-state index in [0.29, 0.717) is 23.3 Å². The van der Waals surface area contributed by atoms with Gasteiger partial charge in [0.25, 0.3) is 0 Å². The molecule has 42 heavy (non-hydrogen) atoms. The standard InChI is InChI=1S/C32H34N2O8/c1-5-16-12-17(9-6-15-7-10-19(42-4)11-8-15)26(35)23-20(16)13-18-14-21-25(34(2)3)28(37)24(31(33)40)30(39)32(21,41)29(38)22(18)27(23)36/h7-8,10-12,18,21,24-25,28,35-37,41H,5,13-14H2,1-4H3,(H2,33,40)/t18-,21-,24?,25-,28?,32-/m1/s1. The molecule has 0 aliphatic heterocycles. The average Bonchev–Trinajstić information content (AvgIpc) is 2.94. The summed E-state index contributed by atoms with van der Waals surface area (Å²) in [6, 6.07) is 7.87. The number of nitrogens with zero attached hydrogens (tertiary/aromatic N) is 1. The molecule has 0 bridgehead atoms. The lowest BCUT2D eigenvalue weighted by molar-refractivity contribution is -0.184. The van der Waals surface area contributed by atoms with Crippen LogP contribution in [0.2, 0.25) is 0 Å². The summed E-state index contributed by atoms with van der Waals surface area (Å²) in [5.41, 5.74) is 4.96. The average molecular weight is 575 g/mol. The van der Waals surface area contributed by atoms with E-state index in [-0.39, 0.29) is 35.3 Å². The summed E-state index contributed by atoms with van der Waals surface area (Å²) in [7, 11) is 4.80. The maximum Gasteiger partial charge on any atom is 0.230 e. The van der Waals surface area contributed by atoms with Gasteiger partial charge < -0.3 is 35.8 Å². The van der Waals surface area contributed by atoms with Gasteiger partial charge in [-0.05, 0) is 80.7 Å². The molecule has 10 nitrogen and oxygen atoms in total. The van der Waals surface area contributed by atoms with Gasteiger partial charge in [-0.2, -0.15) is 0 Å². The van der Waals surface area contributed by atoms with Crippen LogP contribution < -0.4 is 10.5 Å². The van der Waals surface area contributed by atoms with Gasteiger partial charge in [-0.15, -0.1) is 0 Å². The second kappa shape index (κ2) is 10.6. The van der Waals surface area contributed by atoms with E-state index in [0.717, 1.165) is 5.56 Å². The summed E-state index contributed by atoms with van der Waals surface area (Å²) >= 11 is 0. The molecule has 2 aromatic rings. The Hall–Kier alpha value is -4.17. The summed E-state index contributed by atoms with van der Waals surface area (Å²) in [4.78, 5) is 41.3. The molecule has 0 spiro atoms. The van der Waals surface area contributed by atoms with Crippen LogP contribution >= 0.6 is 0 Å². The highest BCUT2D eigenvalue weighted by molar-refractivity contribution is 6.25. The van der Waals surface area contributed by atoms with E-state index in [1.165, 1.54) is 0 Å². The van der Waals surface area contributed by atoms with Gasteiger partial charge >= 0.3 is 0 Å². The highest BCUT2D eigenvalue weighted by Gasteiger charge is 2.67. The fraction of sp³-hybridized carbons (Fsp3) is 0.406. The minimum Gasteiger partial charge on any atom is -0.507 e. The predicted molar refractivity (Wildman–Crippen MR) is 152 cm³/mol. The van der Waals surface area contributed by atoms with Crippen molar-refractivity contribution in [3.63, 3.8) is 0 Å². The van der Waals surface area contributed by atoms with Gasteiger partial charge in [0, 0.05) is 23.1 Å². The fourth-order valence-corrected chi connectivity index (χ4v) is 6.97. The normalized spacial score (nSPS) is 28.4. The summed E-state index contributed by atoms with van der Waals surface area (Å²) < 4.78 is 5.17. The zero-order valence-corrected chi connectivity index (χ0v) is 23.8. The number of rotatable bonds is 4. The van der Waals surface area contributed by atoms with E-state index in [2.05, 4.69) is 11.8 Å². The molecular weight excluding hydrogens is 540 g/mol. The number of aryl methyl sites for hydroxylation is 1. The third kappa shape index (κ3) is 4.28. The lowest BCUT2D eigenvalue weighted by Crippen LogP contribution is -2.73. The number of carbonyl (C=O) groups is 3. The Morgan fingerprint density at radius 3 is 2.40 bits per heavy atom. The minimum absolute atomic E-state index is 0.0361. The summed E-state index contributed by atoms with van der Waals surface area (Å²) in [5, 5.41) is 45.6. The first-order valence-electron chi connectivity index (χ1n) is 13.8. The smallest absolute Gasteiger partial charge is 0.230 e. The number of fused-ring (bicyclic) bond motifs is 3. The van der Waals surface area contributed by atoms with Crippen LogP contribution in [-0.4, -0.2) is 81.8 Å². The molecule has 2 saturated carbocycles. The number of methoxy groups -OCH3 is 1. The Bertz CT molecular complexity index is 1580. The zero-order valence-electron chi connectivity index (χ0n) is 23.8. The van der Waals surface area contributed by atoms with Gasteiger partial charge in [0.05, 0.1) is 24.3 Å². The number of primary amides is 1.